The number of benzene rings is 1. The molecule has 0 unspecified atom stereocenters. The Balaban J connectivity index is 2.07. The summed E-state index contributed by atoms with van der Waals surface area (Å²) in [4.78, 5) is 0.303. The van der Waals surface area contributed by atoms with Crippen molar-refractivity contribution >= 4 is 27.3 Å². The van der Waals surface area contributed by atoms with Crippen molar-refractivity contribution in [1.82, 2.24) is 4.57 Å². The van der Waals surface area contributed by atoms with Gasteiger partial charge in [0.1, 0.15) is 4.90 Å². The predicted octanol–water partition coefficient (Wildman–Crippen LogP) is 2.91. The van der Waals surface area contributed by atoms with Crippen molar-refractivity contribution in [3.8, 4) is 0 Å². The summed E-state index contributed by atoms with van der Waals surface area (Å²) in [6, 6.07) is 9.34. The van der Waals surface area contributed by atoms with E-state index in [0.717, 1.165) is 29.8 Å². The summed E-state index contributed by atoms with van der Waals surface area (Å²) < 4.78 is 29.1. The fourth-order valence-electron chi connectivity index (χ4n) is 2.73. The van der Waals surface area contributed by atoms with E-state index in [4.69, 9.17) is 11.6 Å². The van der Waals surface area contributed by atoms with E-state index < -0.39 is 10.0 Å². The lowest BCUT2D eigenvalue weighted by atomic mass is 10.0. The van der Waals surface area contributed by atoms with Crippen molar-refractivity contribution in [2.45, 2.75) is 23.6 Å². The van der Waals surface area contributed by atoms with Gasteiger partial charge in [-0.15, -0.1) is 11.6 Å². The number of halogens is 1. The number of para-hydroxylation sites is 1. The first-order chi connectivity index (χ1) is 10.0. The average Bonchev–Trinajstić information content (AvgIpc) is 2.88. The van der Waals surface area contributed by atoms with E-state index >= 15 is 0 Å². The number of alkyl halides is 1. The molecule has 6 heteroatoms. The lowest BCUT2D eigenvalue weighted by Crippen LogP contribution is -2.35. The van der Waals surface area contributed by atoms with E-state index in [1.807, 2.05) is 24.3 Å². The van der Waals surface area contributed by atoms with Crippen LogP contribution < -0.4 is 4.31 Å². The topological polar surface area (TPSA) is 42.3 Å². The van der Waals surface area contributed by atoms with E-state index in [0.29, 0.717) is 17.3 Å². The Hall–Kier alpha value is -1.46. The quantitative estimate of drug-likeness (QED) is 0.815. The highest BCUT2D eigenvalue weighted by Gasteiger charge is 2.29. The summed E-state index contributed by atoms with van der Waals surface area (Å²) >= 11 is 5.83. The average molecular weight is 325 g/mol. The second-order valence-electron chi connectivity index (χ2n) is 5.22. The molecule has 1 aliphatic rings. The van der Waals surface area contributed by atoms with Crippen LogP contribution in [0.4, 0.5) is 5.69 Å². The molecule has 0 saturated heterocycles. The third kappa shape index (κ3) is 2.45. The van der Waals surface area contributed by atoms with Crippen LogP contribution in [0, 0.1) is 0 Å². The molecule has 3 rings (SSSR count). The number of aryl methyl sites for hydroxylation is 2. The summed E-state index contributed by atoms with van der Waals surface area (Å²) in [7, 11) is -1.73. The summed E-state index contributed by atoms with van der Waals surface area (Å²) in [5.74, 6) is 0.294. The van der Waals surface area contributed by atoms with E-state index in [-0.39, 0.29) is 0 Å². The van der Waals surface area contributed by atoms with E-state index in [1.165, 1.54) is 4.31 Å². The molecule has 0 amide bonds. The van der Waals surface area contributed by atoms with Gasteiger partial charge in [-0.3, -0.25) is 4.31 Å². The van der Waals surface area contributed by atoms with Crippen LogP contribution >= 0.6 is 11.6 Å². The Kier molecular flexibility index (Phi) is 3.71. The van der Waals surface area contributed by atoms with Gasteiger partial charge in [-0.05, 0) is 30.5 Å². The van der Waals surface area contributed by atoms with Crippen molar-refractivity contribution < 1.29 is 8.42 Å². The standard InChI is InChI=1S/C15H17ClN2O2S/c1-17-11-14(9-13(17)10-16)21(19,20)18-8-4-6-12-5-2-3-7-15(12)18/h2-3,5,7,9,11H,4,6,8,10H2,1H3. The van der Waals surface area contributed by atoms with E-state index in [9.17, 15) is 8.42 Å². The van der Waals surface area contributed by atoms with E-state index in [1.54, 1.807) is 23.9 Å². The molecule has 1 aromatic heterocycles. The Bertz CT molecular complexity index is 768. The lowest BCUT2D eigenvalue weighted by molar-refractivity contribution is 0.586. The van der Waals surface area contributed by atoms with Crippen LogP contribution in [0.15, 0.2) is 41.4 Å². The zero-order valence-corrected chi connectivity index (χ0v) is 13.4. The molecule has 0 N–H and O–H groups in total. The van der Waals surface area contributed by atoms with Gasteiger partial charge in [0.25, 0.3) is 10.0 Å². The Morgan fingerprint density at radius 2 is 2.05 bits per heavy atom. The smallest absolute Gasteiger partial charge is 0.265 e. The molecule has 0 radical (unpaired) electrons. The first-order valence-corrected chi connectivity index (χ1v) is 8.83. The maximum atomic E-state index is 12.9. The number of aromatic nitrogens is 1. The van der Waals surface area contributed by atoms with Gasteiger partial charge in [0, 0.05) is 25.5 Å². The van der Waals surface area contributed by atoms with Crippen LogP contribution in [-0.2, 0) is 29.4 Å². The maximum absolute atomic E-state index is 12.9. The maximum Gasteiger partial charge on any atom is 0.265 e. The van der Waals surface area contributed by atoms with Crippen LogP contribution in [0.5, 0.6) is 0 Å². The highest BCUT2D eigenvalue weighted by Crippen LogP contribution is 2.32. The second-order valence-corrected chi connectivity index (χ2v) is 7.35. The Labute approximate surface area is 130 Å². The van der Waals surface area contributed by atoms with Gasteiger partial charge in [-0.1, -0.05) is 18.2 Å². The molecule has 0 aliphatic carbocycles. The summed E-state index contributed by atoms with van der Waals surface area (Å²) in [6.07, 6.45) is 3.39. The fraction of sp³-hybridized carbons (Fsp3) is 0.333. The highest BCUT2D eigenvalue weighted by atomic mass is 35.5. The minimum atomic E-state index is -3.53. The van der Waals surface area contributed by atoms with Crippen LogP contribution in [0.1, 0.15) is 17.7 Å². The first kappa shape index (κ1) is 14.5. The molecule has 0 bridgehead atoms. The molecule has 1 aromatic carbocycles. The van der Waals surface area contributed by atoms with Crippen molar-refractivity contribution in [3.63, 3.8) is 0 Å². The SMILES string of the molecule is Cn1cc(S(=O)(=O)N2CCCc3ccccc32)cc1CCl. The molecular formula is C15H17ClN2O2S. The van der Waals surface area contributed by atoms with Gasteiger partial charge < -0.3 is 4.57 Å². The Morgan fingerprint density at radius 1 is 1.29 bits per heavy atom. The van der Waals surface area contributed by atoms with Crippen molar-refractivity contribution in [2.24, 2.45) is 7.05 Å². The van der Waals surface area contributed by atoms with Gasteiger partial charge >= 0.3 is 0 Å². The van der Waals surface area contributed by atoms with Crippen LogP contribution in [0.25, 0.3) is 0 Å². The molecule has 4 nitrogen and oxygen atoms in total. The highest BCUT2D eigenvalue weighted by molar-refractivity contribution is 7.92. The molecular weight excluding hydrogens is 308 g/mol. The van der Waals surface area contributed by atoms with Gasteiger partial charge in [-0.25, -0.2) is 8.42 Å². The zero-order chi connectivity index (χ0) is 15.0. The van der Waals surface area contributed by atoms with Crippen molar-refractivity contribution in [2.75, 3.05) is 10.8 Å². The monoisotopic (exact) mass is 324 g/mol. The molecule has 0 atom stereocenters. The van der Waals surface area contributed by atoms with Gasteiger partial charge in [0.2, 0.25) is 0 Å². The molecule has 0 fully saturated rings. The molecule has 1 aliphatic heterocycles. The number of hydrogen-bond donors (Lipinski definition) is 0. The first-order valence-electron chi connectivity index (χ1n) is 6.86. The molecule has 112 valence electrons. The normalized spacial score (nSPS) is 15.0. The van der Waals surface area contributed by atoms with Crippen LogP contribution in [0.3, 0.4) is 0 Å². The van der Waals surface area contributed by atoms with Gasteiger partial charge in [-0.2, -0.15) is 0 Å². The summed E-state index contributed by atoms with van der Waals surface area (Å²) in [5, 5.41) is 0. The minimum absolute atomic E-state index is 0.294. The number of sulfonamides is 1. The number of hydrogen-bond acceptors (Lipinski definition) is 2. The fourth-order valence-corrected chi connectivity index (χ4v) is 4.63. The van der Waals surface area contributed by atoms with Crippen LogP contribution in [0.2, 0.25) is 0 Å². The Morgan fingerprint density at radius 3 is 2.76 bits per heavy atom. The summed E-state index contributed by atoms with van der Waals surface area (Å²) in [5.41, 5.74) is 2.67. The number of anilines is 1. The largest absolute Gasteiger partial charge is 0.352 e. The molecule has 2 aromatic rings. The number of nitrogens with zero attached hydrogens (tertiary/aromatic N) is 2. The lowest BCUT2D eigenvalue weighted by Gasteiger charge is -2.30. The minimum Gasteiger partial charge on any atom is -0.352 e. The van der Waals surface area contributed by atoms with Gasteiger partial charge in [0.15, 0.2) is 0 Å². The molecule has 0 spiro atoms. The second kappa shape index (κ2) is 5.39. The third-order valence-electron chi connectivity index (χ3n) is 3.88. The predicted molar refractivity (Wildman–Crippen MR) is 84.3 cm³/mol. The van der Waals surface area contributed by atoms with Crippen molar-refractivity contribution in [1.29, 1.82) is 0 Å². The zero-order valence-electron chi connectivity index (χ0n) is 11.8. The van der Waals surface area contributed by atoms with E-state index in [2.05, 4.69) is 0 Å². The molecule has 0 saturated carbocycles. The molecule has 2 heterocycles. The number of rotatable bonds is 3. The number of fused-ring (bicyclic) bond motifs is 1. The van der Waals surface area contributed by atoms with Gasteiger partial charge in [0.05, 0.1) is 11.6 Å². The van der Waals surface area contributed by atoms with Crippen molar-refractivity contribution in [3.05, 3.63) is 47.8 Å². The third-order valence-corrected chi connectivity index (χ3v) is 5.93. The molecule has 21 heavy (non-hydrogen) atoms. The van der Waals surface area contributed by atoms with Crippen LogP contribution in [-0.4, -0.2) is 19.5 Å². The summed E-state index contributed by atoms with van der Waals surface area (Å²) in [6.45, 7) is 0.518.